The van der Waals surface area contributed by atoms with Crippen LogP contribution < -0.4 is 10.1 Å². The van der Waals surface area contributed by atoms with Crippen LogP contribution in [0.1, 0.15) is 5.56 Å². The van der Waals surface area contributed by atoms with Crippen molar-refractivity contribution < 1.29 is 9.53 Å². The monoisotopic (exact) mass is 435 g/mol. The van der Waals surface area contributed by atoms with Gasteiger partial charge in [-0.2, -0.15) is 10.1 Å². The van der Waals surface area contributed by atoms with Crippen LogP contribution >= 0.6 is 0 Å². The fraction of sp³-hybridized carbons (Fsp3) is 0.0769. The standard InChI is InChI=1S/C26H21N5O2/c1-18-15-23(33-17-22(32)28-20-11-8-14-27-16-20)29-26-24(18)25(19-9-4-2-5-10-19)30-31(26)21-12-6-3-7-13-21/h2-16H,17H2,1H3,(H,28,32). The molecular formula is C26H21N5O2. The summed E-state index contributed by atoms with van der Waals surface area (Å²) in [6.45, 7) is 1.83. The molecule has 1 N–H and O–H groups in total. The molecule has 162 valence electrons. The smallest absolute Gasteiger partial charge is 0.262 e. The van der Waals surface area contributed by atoms with Gasteiger partial charge in [0, 0.05) is 17.8 Å². The van der Waals surface area contributed by atoms with Crippen molar-refractivity contribution in [2.75, 3.05) is 11.9 Å². The number of fused-ring (bicyclic) bond motifs is 1. The number of hydrogen-bond donors (Lipinski definition) is 1. The van der Waals surface area contributed by atoms with Crippen LogP contribution in [0.25, 0.3) is 28.0 Å². The number of para-hydroxylation sites is 1. The number of pyridine rings is 2. The molecule has 1 amide bonds. The molecule has 0 unspecified atom stereocenters. The summed E-state index contributed by atoms with van der Waals surface area (Å²) in [6, 6.07) is 25.2. The fourth-order valence-electron chi connectivity index (χ4n) is 3.66. The lowest BCUT2D eigenvalue weighted by Crippen LogP contribution is -2.20. The lowest BCUT2D eigenvalue weighted by Gasteiger charge is -2.09. The van der Waals surface area contributed by atoms with E-state index in [0.29, 0.717) is 17.2 Å². The predicted octanol–water partition coefficient (Wildman–Crippen LogP) is 4.81. The molecule has 5 rings (SSSR count). The topological polar surface area (TPSA) is 81.9 Å². The SMILES string of the molecule is Cc1cc(OCC(=O)Nc2cccnc2)nc2c1c(-c1ccccc1)nn2-c1ccccc1. The van der Waals surface area contributed by atoms with Gasteiger partial charge in [0.15, 0.2) is 12.3 Å². The van der Waals surface area contributed by atoms with Gasteiger partial charge in [0.2, 0.25) is 5.88 Å². The summed E-state index contributed by atoms with van der Waals surface area (Å²) in [7, 11) is 0. The van der Waals surface area contributed by atoms with E-state index in [1.807, 2.05) is 78.3 Å². The van der Waals surface area contributed by atoms with Gasteiger partial charge in [0.1, 0.15) is 5.69 Å². The Morgan fingerprint density at radius 2 is 1.76 bits per heavy atom. The minimum absolute atomic E-state index is 0.169. The highest BCUT2D eigenvalue weighted by molar-refractivity contribution is 5.95. The van der Waals surface area contributed by atoms with Crippen molar-refractivity contribution in [3.8, 4) is 22.8 Å². The largest absolute Gasteiger partial charge is 0.467 e. The van der Waals surface area contributed by atoms with E-state index in [1.54, 1.807) is 24.5 Å². The average Bonchev–Trinajstić information content (AvgIpc) is 3.25. The van der Waals surface area contributed by atoms with Crippen LogP contribution in [-0.4, -0.2) is 32.3 Å². The van der Waals surface area contributed by atoms with E-state index in [9.17, 15) is 4.79 Å². The van der Waals surface area contributed by atoms with E-state index < -0.39 is 0 Å². The van der Waals surface area contributed by atoms with Gasteiger partial charge in [-0.15, -0.1) is 0 Å². The van der Waals surface area contributed by atoms with Crippen LogP contribution in [0.5, 0.6) is 5.88 Å². The molecular weight excluding hydrogens is 414 g/mol. The molecule has 5 aromatic rings. The third kappa shape index (κ3) is 4.29. The molecule has 0 fully saturated rings. The molecule has 3 aromatic heterocycles. The molecule has 0 saturated heterocycles. The zero-order valence-corrected chi connectivity index (χ0v) is 18.0. The summed E-state index contributed by atoms with van der Waals surface area (Å²) in [4.78, 5) is 21.0. The van der Waals surface area contributed by atoms with Crippen LogP contribution in [0.3, 0.4) is 0 Å². The van der Waals surface area contributed by atoms with Crippen molar-refractivity contribution >= 4 is 22.6 Å². The Hall–Kier alpha value is -4.52. The Morgan fingerprint density at radius 3 is 2.48 bits per heavy atom. The van der Waals surface area contributed by atoms with E-state index in [2.05, 4.69) is 10.3 Å². The van der Waals surface area contributed by atoms with Gasteiger partial charge in [0.25, 0.3) is 5.91 Å². The van der Waals surface area contributed by atoms with Crippen molar-refractivity contribution in [3.63, 3.8) is 0 Å². The maximum absolute atomic E-state index is 12.3. The lowest BCUT2D eigenvalue weighted by molar-refractivity contribution is -0.118. The van der Waals surface area contributed by atoms with E-state index in [1.165, 1.54) is 0 Å². The highest BCUT2D eigenvalue weighted by Gasteiger charge is 2.18. The molecule has 0 saturated carbocycles. The molecule has 0 spiro atoms. The van der Waals surface area contributed by atoms with Gasteiger partial charge >= 0.3 is 0 Å². The zero-order valence-electron chi connectivity index (χ0n) is 18.0. The average molecular weight is 435 g/mol. The molecule has 7 heteroatoms. The molecule has 0 aliphatic heterocycles. The summed E-state index contributed by atoms with van der Waals surface area (Å²) in [5.74, 6) is 0.0714. The Kier molecular flexibility index (Phi) is 5.51. The number of nitrogens with one attached hydrogen (secondary N) is 1. The van der Waals surface area contributed by atoms with Gasteiger partial charge in [0.05, 0.1) is 23.0 Å². The number of amides is 1. The third-order valence-corrected chi connectivity index (χ3v) is 5.16. The quantitative estimate of drug-likeness (QED) is 0.414. The first kappa shape index (κ1) is 20.4. The first-order valence-electron chi connectivity index (χ1n) is 10.5. The maximum atomic E-state index is 12.3. The predicted molar refractivity (Wildman–Crippen MR) is 127 cm³/mol. The number of rotatable bonds is 6. The van der Waals surface area contributed by atoms with Crippen molar-refractivity contribution in [1.82, 2.24) is 19.7 Å². The number of ether oxygens (including phenoxy) is 1. The Bertz CT molecular complexity index is 1400. The second-order valence-electron chi connectivity index (χ2n) is 7.52. The van der Waals surface area contributed by atoms with E-state index >= 15 is 0 Å². The number of benzene rings is 2. The number of carbonyl (C=O) groups excluding carboxylic acids is 1. The highest BCUT2D eigenvalue weighted by Crippen LogP contribution is 2.33. The molecule has 0 aliphatic carbocycles. The molecule has 0 bridgehead atoms. The highest BCUT2D eigenvalue weighted by atomic mass is 16.5. The van der Waals surface area contributed by atoms with E-state index in [4.69, 9.17) is 14.8 Å². The van der Waals surface area contributed by atoms with Gasteiger partial charge in [-0.25, -0.2) is 4.68 Å². The Balaban J connectivity index is 1.51. The molecule has 0 aliphatic rings. The molecule has 0 atom stereocenters. The second-order valence-corrected chi connectivity index (χ2v) is 7.52. The lowest BCUT2D eigenvalue weighted by atomic mass is 10.1. The minimum atomic E-state index is -0.288. The number of nitrogens with zero attached hydrogens (tertiary/aromatic N) is 4. The van der Waals surface area contributed by atoms with Gasteiger partial charge in [-0.1, -0.05) is 48.5 Å². The van der Waals surface area contributed by atoms with Crippen LogP contribution in [0.15, 0.2) is 91.3 Å². The fourth-order valence-corrected chi connectivity index (χ4v) is 3.66. The van der Waals surface area contributed by atoms with Crippen LogP contribution in [0, 0.1) is 6.92 Å². The molecule has 33 heavy (non-hydrogen) atoms. The first-order chi connectivity index (χ1) is 16.2. The Morgan fingerprint density at radius 1 is 1.00 bits per heavy atom. The number of aryl methyl sites for hydroxylation is 1. The number of carbonyl (C=O) groups is 1. The van der Waals surface area contributed by atoms with Crippen LogP contribution in [0.2, 0.25) is 0 Å². The Labute approximate surface area is 190 Å². The minimum Gasteiger partial charge on any atom is -0.467 e. The van der Waals surface area contributed by atoms with E-state index in [-0.39, 0.29) is 12.5 Å². The zero-order chi connectivity index (χ0) is 22.6. The number of hydrogen-bond acceptors (Lipinski definition) is 5. The molecule has 2 aromatic carbocycles. The summed E-state index contributed by atoms with van der Waals surface area (Å²) < 4.78 is 7.56. The summed E-state index contributed by atoms with van der Waals surface area (Å²) in [6.07, 6.45) is 3.23. The maximum Gasteiger partial charge on any atom is 0.262 e. The normalized spacial score (nSPS) is 10.8. The van der Waals surface area contributed by atoms with Gasteiger partial charge < -0.3 is 10.1 Å². The van der Waals surface area contributed by atoms with Gasteiger partial charge in [-0.05, 0) is 36.8 Å². The van der Waals surface area contributed by atoms with Crippen molar-refractivity contribution in [3.05, 3.63) is 96.8 Å². The van der Waals surface area contributed by atoms with Crippen LogP contribution in [0.4, 0.5) is 5.69 Å². The second kappa shape index (κ2) is 8.92. The van der Waals surface area contributed by atoms with E-state index in [0.717, 1.165) is 27.9 Å². The summed E-state index contributed by atoms with van der Waals surface area (Å²) in [5.41, 5.74) is 4.99. The first-order valence-corrected chi connectivity index (χ1v) is 10.5. The molecule has 3 heterocycles. The summed E-state index contributed by atoms with van der Waals surface area (Å²) >= 11 is 0. The van der Waals surface area contributed by atoms with Crippen molar-refractivity contribution in [1.29, 1.82) is 0 Å². The number of anilines is 1. The third-order valence-electron chi connectivity index (χ3n) is 5.16. The van der Waals surface area contributed by atoms with Gasteiger partial charge in [-0.3, -0.25) is 9.78 Å². The van der Waals surface area contributed by atoms with Crippen LogP contribution in [-0.2, 0) is 4.79 Å². The van der Waals surface area contributed by atoms with Crippen molar-refractivity contribution in [2.45, 2.75) is 6.92 Å². The number of aromatic nitrogens is 4. The van der Waals surface area contributed by atoms with Crippen molar-refractivity contribution in [2.24, 2.45) is 0 Å². The molecule has 7 nitrogen and oxygen atoms in total. The summed E-state index contributed by atoms with van der Waals surface area (Å²) in [5, 5.41) is 8.59. The molecule has 0 radical (unpaired) electrons.